The van der Waals surface area contributed by atoms with Gasteiger partial charge in [0.2, 0.25) is 11.8 Å². The Morgan fingerprint density at radius 2 is 1.56 bits per heavy atom. The van der Waals surface area contributed by atoms with Crippen LogP contribution in [0.5, 0.6) is 11.8 Å². The Labute approximate surface area is 109 Å². The van der Waals surface area contributed by atoms with Crippen molar-refractivity contribution in [2.75, 3.05) is 0 Å². The first-order chi connectivity index (χ1) is 7.54. The number of halogens is 3. The Hall–Kier alpha value is -0.290. The van der Waals surface area contributed by atoms with Gasteiger partial charge >= 0.3 is 0 Å². The standard InChI is InChI=1S/C9H8Cl3NO2S/c10-9(11)16(12)13-7(14)5-3-1-2-4-6(5)8(13)15/h1-2,14-15H,3-4H2. The third kappa shape index (κ3) is 1.84. The van der Waals surface area contributed by atoms with Crippen LogP contribution < -0.4 is 0 Å². The molecule has 2 rings (SSSR count). The van der Waals surface area contributed by atoms with Gasteiger partial charge in [-0.05, 0) is 23.5 Å². The number of aromatic hydroxyl groups is 2. The minimum atomic E-state index is -1.26. The van der Waals surface area contributed by atoms with Gasteiger partial charge in [0.05, 0.1) is 0 Å². The van der Waals surface area contributed by atoms with Crippen molar-refractivity contribution in [3.63, 3.8) is 0 Å². The zero-order valence-corrected chi connectivity index (χ0v) is 11.0. The Morgan fingerprint density at radius 1 is 1.12 bits per heavy atom. The van der Waals surface area contributed by atoms with Crippen molar-refractivity contribution in [3.8, 4) is 11.8 Å². The summed E-state index contributed by atoms with van der Waals surface area (Å²) in [4.78, 5) is 0. The molecule has 0 fully saturated rings. The number of hydrogen-bond donors (Lipinski definition) is 2. The van der Waals surface area contributed by atoms with Crippen LogP contribution in [-0.4, -0.2) is 18.0 Å². The molecule has 1 atom stereocenters. The molecule has 7 heteroatoms. The Morgan fingerprint density at radius 3 is 1.94 bits per heavy atom. The molecule has 0 aromatic carbocycles. The summed E-state index contributed by atoms with van der Waals surface area (Å²) in [6, 6.07) is 0. The van der Waals surface area contributed by atoms with E-state index in [1.807, 2.05) is 12.2 Å². The van der Waals surface area contributed by atoms with Gasteiger partial charge in [-0.25, -0.2) is 3.97 Å². The van der Waals surface area contributed by atoms with Crippen molar-refractivity contribution in [1.82, 2.24) is 3.97 Å². The summed E-state index contributed by atoms with van der Waals surface area (Å²) in [5.74, 6) is -0.150. The fourth-order valence-electron chi connectivity index (χ4n) is 1.67. The fourth-order valence-corrected chi connectivity index (χ4v) is 3.14. The van der Waals surface area contributed by atoms with Crippen molar-refractivity contribution in [2.45, 2.75) is 12.8 Å². The Bertz CT molecular complexity index is 472. The molecule has 0 saturated heterocycles. The average Bonchev–Trinajstić information content (AvgIpc) is 2.52. The predicted molar refractivity (Wildman–Crippen MR) is 69.9 cm³/mol. The van der Waals surface area contributed by atoms with Crippen LogP contribution in [0.3, 0.4) is 0 Å². The van der Waals surface area contributed by atoms with E-state index in [1.54, 1.807) is 0 Å². The van der Waals surface area contributed by atoms with Crippen LogP contribution in [-0.2, 0) is 12.8 Å². The quantitative estimate of drug-likeness (QED) is 0.475. The molecule has 1 aliphatic rings. The monoisotopic (exact) mass is 299 g/mol. The first-order valence-corrected chi connectivity index (χ1v) is 7.18. The van der Waals surface area contributed by atoms with Gasteiger partial charge in [0.1, 0.15) is 0 Å². The maximum absolute atomic E-state index is 9.94. The summed E-state index contributed by atoms with van der Waals surface area (Å²) in [5, 5.41) is 19.9. The molecule has 0 spiro atoms. The highest BCUT2D eigenvalue weighted by Crippen LogP contribution is 2.44. The lowest BCUT2D eigenvalue weighted by Gasteiger charge is -2.05. The molecule has 0 radical (unpaired) electrons. The zero-order chi connectivity index (χ0) is 11.9. The van der Waals surface area contributed by atoms with Gasteiger partial charge in [-0.15, -0.1) is 0 Å². The van der Waals surface area contributed by atoms with Crippen LogP contribution in [0.1, 0.15) is 11.1 Å². The second-order valence-corrected chi connectivity index (χ2v) is 6.76. The van der Waals surface area contributed by atoms with E-state index in [9.17, 15) is 10.2 Å². The van der Waals surface area contributed by atoms with E-state index >= 15 is 0 Å². The highest BCUT2D eigenvalue weighted by molar-refractivity contribution is 8.36. The second kappa shape index (κ2) is 4.53. The van der Waals surface area contributed by atoms with Gasteiger partial charge in [0.15, 0.2) is 3.78 Å². The minimum Gasteiger partial charge on any atom is -0.494 e. The number of rotatable bonds is 1. The van der Waals surface area contributed by atoms with Crippen molar-refractivity contribution in [3.05, 3.63) is 23.3 Å². The third-order valence-electron chi connectivity index (χ3n) is 2.39. The Kier molecular flexibility index (Phi) is 3.45. The highest BCUT2D eigenvalue weighted by atomic mass is 35.7. The normalized spacial score (nSPS) is 15.9. The molecular formula is C9H8Cl3NO2S. The maximum atomic E-state index is 9.94. The average molecular weight is 301 g/mol. The van der Waals surface area contributed by atoms with E-state index < -0.39 is 9.88 Å². The minimum absolute atomic E-state index is 0.0750. The molecule has 16 heavy (non-hydrogen) atoms. The smallest absolute Gasteiger partial charge is 0.208 e. The van der Waals surface area contributed by atoms with Crippen LogP contribution in [0.4, 0.5) is 0 Å². The van der Waals surface area contributed by atoms with Gasteiger partial charge in [0, 0.05) is 21.0 Å². The lowest BCUT2D eigenvalue weighted by Crippen LogP contribution is -1.92. The summed E-state index contributed by atoms with van der Waals surface area (Å²) in [7, 11) is 4.66. The number of fused-ring (bicyclic) bond motifs is 1. The lowest BCUT2D eigenvalue weighted by molar-refractivity contribution is 0.414. The number of hydrogen-bond acceptors (Lipinski definition) is 2. The molecule has 2 N–H and O–H groups in total. The van der Waals surface area contributed by atoms with Crippen LogP contribution >= 0.6 is 43.8 Å². The molecule has 0 amide bonds. The van der Waals surface area contributed by atoms with E-state index in [0.29, 0.717) is 24.0 Å². The van der Waals surface area contributed by atoms with Gasteiger partial charge in [-0.3, -0.25) is 0 Å². The third-order valence-corrected chi connectivity index (χ3v) is 5.54. The molecule has 1 aromatic heterocycles. The summed E-state index contributed by atoms with van der Waals surface area (Å²) in [6.07, 6.45) is 4.97. The predicted octanol–water partition coefficient (Wildman–Crippen LogP) is 3.30. The summed E-state index contributed by atoms with van der Waals surface area (Å²) in [6.45, 7) is 0. The second-order valence-electron chi connectivity index (χ2n) is 3.24. The highest BCUT2D eigenvalue weighted by Gasteiger charge is 2.24. The summed E-state index contributed by atoms with van der Waals surface area (Å²) >= 11 is 11.1. The molecule has 0 bridgehead atoms. The number of nitrogens with zero attached hydrogens (tertiary/aromatic N) is 1. The molecule has 1 heterocycles. The SMILES string of the molecule is Oc1c2c(c(O)n1S(Cl)=C(Cl)Cl)CC=CC2. The van der Waals surface area contributed by atoms with E-state index in [4.69, 9.17) is 33.9 Å². The summed E-state index contributed by atoms with van der Waals surface area (Å²) < 4.78 is 1.04. The first-order valence-electron chi connectivity index (χ1n) is 4.42. The first kappa shape index (κ1) is 12.2. The van der Waals surface area contributed by atoms with E-state index in [0.717, 1.165) is 3.97 Å². The van der Waals surface area contributed by atoms with Gasteiger partial charge in [-0.2, -0.15) is 0 Å². The van der Waals surface area contributed by atoms with Gasteiger partial charge in [0.25, 0.3) is 0 Å². The Balaban J connectivity index is 2.65. The number of aromatic nitrogens is 1. The van der Waals surface area contributed by atoms with Crippen molar-refractivity contribution in [1.29, 1.82) is 0 Å². The topological polar surface area (TPSA) is 45.4 Å². The van der Waals surface area contributed by atoms with E-state index in [1.165, 1.54) is 0 Å². The molecule has 1 unspecified atom stereocenters. The molecule has 0 saturated carbocycles. The van der Waals surface area contributed by atoms with Crippen LogP contribution in [0.2, 0.25) is 0 Å². The largest absolute Gasteiger partial charge is 0.494 e. The van der Waals surface area contributed by atoms with E-state index in [2.05, 4.69) is 0 Å². The van der Waals surface area contributed by atoms with Crippen molar-refractivity contribution < 1.29 is 10.2 Å². The van der Waals surface area contributed by atoms with Crippen LogP contribution in [0.15, 0.2) is 12.2 Å². The van der Waals surface area contributed by atoms with Gasteiger partial charge < -0.3 is 10.2 Å². The maximum Gasteiger partial charge on any atom is 0.208 e. The van der Waals surface area contributed by atoms with Gasteiger partial charge in [-0.1, -0.05) is 35.4 Å². The fraction of sp³-hybridized carbons (Fsp3) is 0.222. The molecule has 0 aliphatic heterocycles. The van der Waals surface area contributed by atoms with Crippen molar-refractivity contribution in [2.24, 2.45) is 0 Å². The summed E-state index contributed by atoms with van der Waals surface area (Å²) in [5.41, 5.74) is 1.35. The van der Waals surface area contributed by atoms with Crippen LogP contribution in [0.25, 0.3) is 0 Å². The van der Waals surface area contributed by atoms with Crippen molar-refractivity contribution >= 4 is 47.6 Å². The van der Waals surface area contributed by atoms with Crippen LogP contribution in [0, 0.1) is 0 Å². The van der Waals surface area contributed by atoms with E-state index in [-0.39, 0.29) is 15.5 Å². The number of allylic oxidation sites excluding steroid dienone is 2. The zero-order valence-electron chi connectivity index (χ0n) is 7.95. The molecular weight excluding hydrogens is 293 g/mol. The molecule has 1 aromatic rings. The molecule has 1 aliphatic carbocycles. The lowest BCUT2D eigenvalue weighted by atomic mass is 10.0. The molecule has 3 nitrogen and oxygen atoms in total. The molecule has 88 valence electrons.